The fraction of sp³-hybridized carbons (Fsp3) is 0.548. The molecule has 218 valence electrons. The first-order valence-corrected chi connectivity index (χ1v) is 15.1. The number of nitrogens with zero attached hydrogens (tertiary/aromatic N) is 7. The highest BCUT2D eigenvalue weighted by molar-refractivity contribution is 5.84. The number of rotatable bonds is 6. The lowest BCUT2D eigenvalue weighted by Gasteiger charge is -2.54. The summed E-state index contributed by atoms with van der Waals surface area (Å²) in [6.07, 6.45) is 8.75. The van der Waals surface area contributed by atoms with Crippen molar-refractivity contribution in [1.82, 2.24) is 35.4 Å². The van der Waals surface area contributed by atoms with Crippen LogP contribution in [0.25, 0.3) is 11.1 Å². The molecule has 1 aromatic carbocycles. The van der Waals surface area contributed by atoms with Gasteiger partial charge in [-0.2, -0.15) is 0 Å². The topological polar surface area (TPSA) is 109 Å². The SMILES string of the molecule is CC1(C)[C@@H]2[C@@H](C(=O)N3CCC4(CC3)CN(c3ncnnc3Oc3ccc(F)cc3-c3cncnc3C3CC3)C4)NC[C@@H]21. The van der Waals surface area contributed by atoms with Crippen molar-refractivity contribution in [1.29, 1.82) is 0 Å². The molecule has 3 aliphatic heterocycles. The van der Waals surface area contributed by atoms with Crippen LogP contribution in [0.3, 0.4) is 0 Å². The smallest absolute Gasteiger partial charge is 0.282 e. The predicted molar refractivity (Wildman–Crippen MR) is 152 cm³/mol. The largest absolute Gasteiger partial charge is 0.434 e. The van der Waals surface area contributed by atoms with E-state index in [0.29, 0.717) is 34.9 Å². The van der Waals surface area contributed by atoms with E-state index in [2.05, 4.69) is 54.1 Å². The van der Waals surface area contributed by atoms with E-state index in [-0.39, 0.29) is 34.5 Å². The van der Waals surface area contributed by atoms with Crippen LogP contribution in [0.4, 0.5) is 10.2 Å². The molecule has 2 aromatic heterocycles. The van der Waals surface area contributed by atoms with E-state index in [1.807, 2.05) is 0 Å². The zero-order valence-electron chi connectivity index (χ0n) is 24.0. The van der Waals surface area contributed by atoms with E-state index in [4.69, 9.17) is 4.74 Å². The number of carbonyl (C=O) groups is 1. The molecule has 3 saturated heterocycles. The maximum absolute atomic E-state index is 14.4. The van der Waals surface area contributed by atoms with Crippen molar-refractivity contribution in [3.05, 3.63) is 48.6 Å². The van der Waals surface area contributed by atoms with E-state index in [9.17, 15) is 9.18 Å². The summed E-state index contributed by atoms with van der Waals surface area (Å²) in [5, 5.41) is 11.7. The summed E-state index contributed by atoms with van der Waals surface area (Å²) in [7, 11) is 0. The Morgan fingerprint density at radius 3 is 2.64 bits per heavy atom. The molecule has 10 nitrogen and oxygen atoms in total. The van der Waals surface area contributed by atoms with Gasteiger partial charge in [0, 0.05) is 54.8 Å². The minimum absolute atomic E-state index is 0.0251. The summed E-state index contributed by atoms with van der Waals surface area (Å²) >= 11 is 0. The van der Waals surface area contributed by atoms with Crippen molar-refractivity contribution in [3.8, 4) is 22.8 Å². The molecule has 5 aliphatic rings. The standard InChI is InChI=1S/C31H35FN8O2/c1-30(2)22-13-34-26(24(22)30)29(41)39-9-7-31(8-10-39)14-40(15-31)27-28(38-37-17-36-27)42-23-6-5-19(32)11-20(23)21-12-33-16-35-25(21)18-3-4-18/h5-6,11-12,16-18,22,24,26,34H,3-4,7-10,13-15H2,1-2H3/t22-,24-,26-/m0/s1. The van der Waals surface area contributed by atoms with Crippen LogP contribution in [0.15, 0.2) is 37.1 Å². The number of likely N-dealkylation sites (tertiary alicyclic amines) is 1. The highest BCUT2D eigenvalue weighted by Crippen LogP contribution is 2.62. The Morgan fingerprint density at radius 2 is 1.90 bits per heavy atom. The lowest BCUT2D eigenvalue weighted by molar-refractivity contribution is -0.136. The third kappa shape index (κ3) is 4.23. The van der Waals surface area contributed by atoms with Crippen LogP contribution in [0.5, 0.6) is 11.6 Å². The molecule has 1 spiro atoms. The van der Waals surface area contributed by atoms with Crippen LogP contribution in [-0.4, -0.2) is 74.7 Å². The summed E-state index contributed by atoms with van der Waals surface area (Å²) in [5.74, 6) is 2.74. The van der Waals surface area contributed by atoms with Gasteiger partial charge in [-0.3, -0.25) is 4.79 Å². The molecule has 2 aliphatic carbocycles. The minimum atomic E-state index is -0.362. The van der Waals surface area contributed by atoms with Gasteiger partial charge < -0.3 is 19.9 Å². The van der Waals surface area contributed by atoms with Crippen molar-refractivity contribution in [2.24, 2.45) is 22.7 Å². The van der Waals surface area contributed by atoms with Gasteiger partial charge in [-0.25, -0.2) is 19.3 Å². The number of halogens is 1. The number of piperidine rings is 2. The number of aromatic nitrogens is 5. The van der Waals surface area contributed by atoms with Crippen LogP contribution in [-0.2, 0) is 4.79 Å². The first-order valence-electron chi connectivity index (χ1n) is 15.1. The molecule has 0 bridgehead atoms. The second-order valence-electron chi connectivity index (χ2n) is 13.4. The number of hydrogen-bond acceptors (Lipinski definition) is 9. The summed E-state index contributed by atoms with van der Waals surface area (Å²) in [5.41, 5.74) is 2.70. The van der Waals surface area contributed by atoms with Gasteiger partial charge in [-0.15, -0.1) is 10.2 Å². The zero-order chi connectivity index (χ0) is 28.6. The molecule has 8 rings (SSSR count). The van der Waals surface area contributed by atoms with E-state index in [1.165, 1.54) is 24.8 Å². The Morgan fingerprint density at radius 1 is 1.10 bits per heavy atom. The average molecular weight is 571 g/mol. The van der Waals surface area contributed by atoms with Crippen molar-refractivity contribution < 1.29 is 13.9 Å². The van der Waals surface area contributed by atoms with E-state index < -0.39 is 0 Å². The van der Waals surface area contributed by atoms with Crippen LogP contribution in [0.2, 0.25) is 0 Å². The van der Waals surface area contributed by atoms with Crippen molar-refractivity contribution in [2.45, 2.75) is 51.5 Å². The quantitative estimate of drug-likeness (QED) is 0.473. The molecule has 2 saturated carbocycles. The van der Waals surface area contributed by atoms with Gasteiger partial charge in [0.25, 0.3) is 5.88 Å². The maximum atomic E-state index is 14.4. The van der Waals surface area contributed by atoms with Crippen molar-refractivity contribution >= 4 is 11.7 Å². The number of carbonyl (C=O) groups excluding carboxylic acids is 1. The van der Waals surface area contributed by atoms with Gasteiger partial charge in [0.05, 0.1) is 11.7 Å². The Hall–Kier alpha value is -3.73. The molecule has 3 atom stereocenters. The predicted octanol–water partition coefficient (Wildman–Crippen LogP) is 3.81. The minimum Gasteiger partial charge on any atom is -0.434 e. The monoisotopic (exact) mass is 570 g/mol. The summed E-state index contributed by atoms with van der Waals surface area (Å²) in [6, 6.07) is 4.43. The first kappa shape index (κ1) is 25.9. The second-order valence-corrected chi connectivity index (χ2v) is 13.4. The summed E-state index contributed by atoms with van der Waals surface area (Å²) in [4.78, 5) is 30.8. The third-order valence-corrected chi connectivity index (χ3v) is 10.5. The number of amides is 1. The van der Waals surface area contributed by atoms with E-state index in [1.54, 1.807) is 12.3 Å². The number of nitrogens with one attached hydrogen (secondary N) is 1. The van der Waals surface area contributed by atoms with Gasteiger partial charge in [0.1, 0.15) is 24.2 Å². The number of anilines is 1. The maximum Gasteiger partial charge on any atom is 0.282 e. The number of ether oxygens (including phenoxy) is 1. The van der Waals surface area contributed by atoms with Crippen LogP contribution in [0, 0.1) is 28.5 Å². The molecule has 3 aromatic rings. The van der Waals surface area contributed by atoms with Crippen molar-refractivity contribution in [2.75, 3.05) is 37.6 Å². The van der Waals surface area contributed by atoms with Gasteiger partial charge >= 0.3 is 0 Å². The van der Waals surface area contributed by atoms with Crippen LogP contribution < -0.4 is 15.0 Å². The Bertz CT molecular complexity index is 1550. The lowest BCUT2D eigenvalue weighted by Crippen LogP contribution is -2.62. The number of fused-ring (bicyclic) bond motifs is 1. The van der Waals surface area contributed by atoms with Gasteiger partial charge in [0.2, 0.25) is 5.91 Å². The van der Waals surface area contributed by atoms with Gasteiger partial charge in [-0.1, -0.05) is 13.8 Å². The van der Waals surface area contributed by atoms with Crippen LogP contribution >= 0.6 is 0 Å². The summed E-state index contributed by atoms with van der Waals surface area (Å²) in [6.45, 7) is 8.74. The van der Waals surface area contributed by atoms with Crippen molar-refractivity contribution in [3.63, 3.8) is 0 Å². The molecule has 0 radical (unpaired) electrons. The van der Waals surface area contributed by atoms with Gasteiger partial charge in [0.15, 0.2) is 5.82 Å². The van der Waals surface area contributed by atoms with E-state index in [0.717, 1.165) is 69.7 Å². The highest BCUT2D eigenvalue weighted by Gasteiger charge is 2.66. The Labute approximate surface area is 244 Å². The lowest BCUT2D eigenvalue weighted by atomic mass is 9.72. The molecule has 1 amide bonds. The molecule has 1 N–H and O–H groups in total. The normalized spacial score (nSPS) is 27.0. The second kappa shape index (κ2) is 9.39. The fourth-order valence-corrected chi connectivity index (χ4v) is 7.76. The average Bonchev–Trinajstić information content (AvgIpc) is 3.86. The Balaban J connectivity index is 0.962. The Kier molecular flexibility index (Phi) is 5.80. The summed E-state index contributed by atoms with van der Waals surface area (Å²) < 4.78 is 20.8. The van der Waals surface area contributed by atoms with E-state index >= 15 is 0 Å². The fourth-order valence-electron chi connectivity index (χ4n) is 7.76. The molecule has 11 heteroatoms. The number of hydrogen-bond donors (Lipinski definition) is 1. The highest BCUT2D eigenvalue weighted by atomic mass is 19.1. The third-order valence-electron chi connectivity index (χ3n) is 10.5. The van der Waals surface area contributed by atoms with Crippen LogP contribution in [0.1, 0.15) is 51.1 Å². The molecule has 5 heterocycles. The molecular weight excluding hydrogens is 535 g/mol. The number of benzene rings is 1. The molecule has 0 unspecified atom stereocenters. The molecule has 5 fully saturated rings. The first-order chi connectivity index (χ1) is 20.3. The molecular formula is C31H35FN8O2. The zero-order valence-corrected chi connectivity index (χ0v) is 24.0. The van der Waals surface area contributed by atoms with Gasteiger partial charge in [-0.05, 0) is 67.7 Å². The molecule has 42 heavy (non-hydrogen) atoms.